The zero-order valence-corrected chi connectivity index (χ0v) is 16.7. The lowest BCUT2D eigenvalue weighted by Crippen LogP contribution is -2.39. The van der Waals surface area contributed by atoms with Gasteiger partial charge in [-0.25, -0.2) is 0 Å². The maximum Gasteiger partial charge on any atom is 0.224 e. The number of hydrogen-bond donors (Lipinski definition) is 2. The minimum atomic E-state index is -0.0700. The SMILES string of the molecule is CN(CC(C)(C)CN)C(=O)CCCOc1ccc2c(c1)CCC(=O)N2.Cl. The van der Waals surface area contributed by atoms with Crippen molar-refractivity contribution in [1.82, 2.24) is 4.90 Å². The van der Waals surface area contributed by atoms with Crippen molar-refractivity contribution in [2.75, 3.05) is 32.1 Å². The van der Waals surface area contributed by atoms with Gasteiger partial charge in [-0.3, -0.25) is 9.59 Å². The van der Waals surface area contributed by atoms with E-state index < -0.39 is 0 Å². The van der Waals surface area contributed by atoms with E-state index in [-0.39, 0.29) is 29.6 Å². The van der Waals surface area contributed by atoms with E-state index in [2.05, 4.69) is 19.2 Å². The molecule has 1 aromatic carbocycles. The first-order chi connectivity index (χ1) is 11.8. The molecule has 3 N–H and O–H groups in total. The van der Waals surface area contributed by atoms with Gasteiger partial charge in [0.2, 0.25) is 11.8 Å². The third-order valence-corrected chi connectivity index (χ3v) is 4.42. The number of nitrogens with two attached hydrogens (primary N) is 1. The largest absolute Gasteiger partial charge is 0.494 e. The van der Waals surface area contributed by atoms with E-state index in [9.17, 15) is 9.59 Å². The first kappa shape index (κ1) is 22.3. The lowest BCUT2D eigenvalue weighted by molar-refractivity contribution is -0.131. The number of halogens is 1. The molecule has 0 atom stereocenters. The number of nitrogens with one attached hydrogen (secondary N) is 1. The maximum atomic E-state index is 12.2. The zero-order valence-electron chi connectivity index (χ0n) is 15.8. The number of anilines is 1. The number of nitrogens with zero attached hydrogens (tertiary/aromatic N) is 1. The molecule has 1 heterocycles. The third kappa shape index (κ3) is 6.50. The Morgan fingerprint density at radius 1 is 1.35 bits per heavy atom. The first-order valence-electron chi connectivity index (χ1n) is 8.80. The van der Waals surface area contributed by atoms with Crippen LogP contribution in [0.25, 0.3) is 0 Å². The van der Waals surface area contributed by atoms with Crippen molar-refractivity contribution < 1.29 is 14.3 Å². The molecule has 0 bridgehead atoms. The molecule has 0 saturated heterocycles. The Bertz CT molecular complexity index is 634. The number of rotatable bonds is 8. The zero-order chi connectivity index (χ0) is 18.4. The summed E-state index contributed by atoms with van der Waals surface area (Å²) in [6.07, 6.45) is 2.37. The number of hydrogen-bond acceptors (Lipinski definition) is 4. The van der Waals surface area contributed by atoms with Gasteiger partial charge >= 0.3 is 0 Å². The van der Waals surface area contributed by atoms with Crippen LogP contribution in [0.3, 0.4) is 0 Å². The molecule has 26 heavy (non-hydrogen) atoms. The normalized spacial score (nSPS) is 13.3. The highest BCUT2D eigenvalue weighted by Crippen LogP contribution is 2.26. The van der Waals surface area contributed by atoms with Crippen LogP contribution in [0.2, 0.25) is 0 Å². The number of benzene rings is 1. The Labute approximate surface area is 161 Å². The molecular weight excluding hydrogens is 354 g/mol. The number of carbonyl (C=O) groups excluding carboxylic acids is 2. The predicted molar refractivity (Wildman–Crippen MR) is 106 cm³/mol. The van der Waals surface area contributed by atoms with Crippen LogP contribution in [0.4, 0.5) is 5.69 Å². The molecule has 0 unspecified atom stereocenters. The number of ether oxygens (including phenoxy) is 1. The van der Waals surface area contributed by atoms with E-state index in [0.29, 0.717) is 39.0 Å². The lowest BCUT2D eigenvalue weighted by Gasteiger charge is -2.29. The van der Waals surface area contributed by atoms with Crippen LogP contribution in [0, 0.1) is 5.41 Å². The molecule has 1 aliphatic rings. The van der Waals surface area contributed by atoms with Crippen LogP contribution in [0.1, 0.15) is 38.7 Å². The molecule has 0 radical (unpaired) electrons. The van der Waals surface area contributed by atoms with Crippen LogP contribution >= 0.6 is 12.4 Å². The highest BCUT2D eigenvalue weighted by molar-refractivity contribution is 5.94. The molecular formula is C19H30ClN3O3. The molecule has 2 rings (SSSR count). The second kappa shape index (κ2) is 9.78. The molecule has 6 nitrogen and oxygen atoms in total. The minimum Gasteiger partial charge on any atom is -0.494 e. The molecule has 0 saturated carbocycles. The van der Waals surface area contributed by atoms with E-state index in [0.717, 1.165) is 23.4 Å². The highest BCUT2D eigenvalue weighted by Gasteiger charge is 2.21. The van der Waals surface area contributed by atoms with Gasteiger partial charge in [-0.2, -0.15) is 0 Å². The molecule has 7 heteroatoms. The van der Waals surface area contributed by atoms with Crippen LogP contribution < -0.4 is 15.8 Å². The molecule has 1 aromatic rings. The minimum absolute atomic E-state index is 0. The fourth-order valence-corrected chi connectivity index (χ4v) is 2.85. The average Bonchev–Trinajstić information content (AvgIpc) is 2.58. The topological polar surface area (TPSA) is 84.7 Å². The molecule has 0 fully saturated rings. The van der Waals surface area contributed by atoms with Crippen molar-refractivity contribution in [2.45, 2.75) is 39.5 Å². The fourth-order valence-electron chi connectivity index (χ4n) is 2.85. The summed E-state index contributed by atoms with van der Waals surface area (Å²) in [6.45, 7) is 5.80. The van der Waals surface area contributed by atoms with E-state index >= 15 is 0 Å². The number of aryl methyl sites for hydroxylation is 1. The summed E-state index contributed by atoms with van der Waals surface area (Å²) in [5.41, 5.74) is 7.60. The third-order valence-electron chi connectivity index (χ3n) is 4.42. The van der Waals surface area contributed by atoms with Gasteiger partial charge in [-0.05, 0) is 48.6 Å². The molecule has 0 aliphatic carbocycles. The molecule has 0 spiro atoms. The Kier molecular flexibility index (Phi) is 8.37. The fraction of sp³-hybridized carbons (Fsp3) is 0.579. The highest BCUT2D eigenvalue weighted by atomic mass is 35.5. The van der Waals surface area contributed by atoms with Crippen molar-refractivity contribution in [1.29, 1.82) is 0 Å². The standard InChI is InChI=1S/C19H29N3O3.ClH/c1-19(2,12-20)13-22(3)18(24)5-4-10-25-15-7-8-16-14(11-15)6-9-17(23)21-16;/h7-8,11H,4-6,9-10,12-13,20H2,1-3H3,(H,21,23);1H. The summed E-state index contributed by atoms with van der Waals surface area (Å²) in [5.74, 6) is 0.944. The van der Waals surface area contributed by atoms with Gasteiger partial charge in [-0.1, -0.05) is 13.8 Å². The van der Waals surface area contributed by atoms with Gasteiger partial charge in [0, 0.05) is 32.1 Å². The monoisotopic (exact) mass is 383 g/mol. The predicted octanol–water partition coefficient (Wildman–Crippen LogP) is 2.60. The van der Waals surface area contributed by atoms with Crippen molar-refractivity contribution in [2.24, 2.45) is 11.1 Å². The van der Waals surface area contributed by atoms with Crippen LogP contribution in [-0.2, 0) is 16.0 Å². The summed E-state index contributed by atoms with van der Waals surface area (Å²) in [7, 11) is 1.82. The second-order valence-corrected chi connectivity index (χ2v) is 7.44. The average molecular weight is 384 g/mol. The van der Waals surface area contributed by atoms with Crippen LogP contribution in [0.15, 0.2) is 18.2 Å². The van der Waals surface area contributed by atoms with Crippen molar-refractivity contribution in [3.63, 3.8) is 0 Å². The van der Waals surface area contributed by atoms with Gasteiger partial charge < -0.3 is 20.7 Å². The Morgan fingerprint density at radius 2 is 2.08 bits per heavy atom. The van der Waals surface area contributed by atoms with Crippen molar-refractivity contribution in [3.05, 3.63) is 23.8 Å². The maximum absolute atomic E-state index is 12.2. The smallest absolute Gasteiger partial charge is 0.224 e. The van der Waals surface area contributed by atoms with E-state index in [1.807, 2.05) is 25.2 Å². The van der Waals surface area contributed by atoms with E-state index in [1.165, 1.54) is 0 Å². The first-order valence-corrected chi connectivity index (χ1v) is 8.80. The van der Waals surface area contributed by atoms with Crippen LogP contribution in [0.5, 0.6) is 5.75 Å². The summed E-state index contributed by atoms with van der Waals surface area (Å²) in [5, 5.41) is 2.85. The number of carbonyl (C=O) groups is 2. The Morgan fingerprint density at radius 3 is 2.77 bits per heavy atom. The summed E-state index contributed by atoms with van der Waals surface area (Å²) >= 11 is 0. The van der Waals surface area contributed by atoms with Gasteiger partial charge in [0.25, 0.3) is 0 Å². The van der Waals surface area contributed by atoms with Crippen LogP contribution in [-0.4, -0.2) is 43.5 Å². The molecule has 2 amide bonds. The summed E-state index contributed by atoms with van der Waals surface area (Å²) in [6, 6.07) is 5.68. The van der Waals surface area contributed by atoms with Crippen molar-refractivity contribution in [3.8, 4) is 5.75 Å². The summed E-state index contributed by atoms with van der Waals surface area (Å²) < 4.78 is 5.75. The Balaban J connectivity index is 0.00000338. The number of fused-ring (bicyclic) bond motifs is 1. The van der Waals surface area contributed by atoms with Gasteiger partial charge in [-0.15, -0.1) is 12.4 Å². The van der Waals surface area contributed by atoms with Gasteiger partial charge in [0.15, 0.2) is 0 Å². The number of amides is 2. The lowest BCUT2D eigenvalue weighted by atomic mass is 9.93. The molecule has 0 aromatic heterocycles. The molecule has 146 valence electrons. The van der Waals surface area contributed by atoms with Crippen molar-refractivity contribution >= 4 is 29.9 Å². The Hall–Kier alpha value is -1.79. The van der Waals surface area contributed by atoms with Gasteiger partial charge in [0.1, 0.15) is 5.75 Å². The molecule has 1 aliphatic heterocycles. The second-order valence-electron chi connectivity index (χ2n) is 7.44. The van der Waals surface area contributed by atoms with E-state index in [1.54, 1.807) is 4.90 Å². The summed E-state index contributed by atoms with van der Waals surface area (Å²) in [4.78, 5) is 25.3. The quantitative estimate of drug-likeness (QED) is 0.676. The van der Waals surface area contributed by atoms with E-state index in [4.69, 9.17) is 10.5 Å². The van der Waals surface area contributed by atoms with Gasteiger partial charge in [0.05, 0.1) is 6.61 Å².